The van der Waals surface area contributed by atoms with Crippen LogP contribution in [0.2, 0.25) is 0 Å². The molecule has 0 aliphatic carbocycles. The first kappa shape index (κ1) is 18.7. The number of methoxy groups -OCH3 is 2. The van der Waals surface area contributed by atoms with Crippen molar-refractivity contribution in [3.63, 3.8) is 0 Å². The molecule has 0 spiro atoms. The van der Waals surface area contributed by atoms with Crippen LogP contribution in [0.4, 0.5) is 5.13 Å². The van der Waals surface area contributed by atoms with Gasteiger partial charge in [-0.05, 0) is 54.7 Å². The summed E-state index contributed by atoms with van der Waals surface area (Å²) in [7, 11) is 2.89. The molecule has 138 valence electrons. The quantitative estimate of drug-likeness (QED) is 0.512. The molecule has 1 aromatic heterocycles. The maximum Gasteiger partial charge on any atom is 0.337 e. The maximum absolute atomic E-state index is 12.2. The normalized spacial score (nSPS) is 10.3. The van der Waals surface area contributed by atoms with Crippen LogP contribution in [0.1, 0.15) is 20.7 Å². The van der Waals surface area contributed by atoms with Crippen molar-refractivity contribution in [2.75, 3.05) is 19.5 Å². The number of fused-ring (bicyclic) bond motifs is 1. The molecule has 0 aliphatic heterocycles. The Morgan fingerprint density at radius 2 is 1.78 bits per heavy atom. The molecule has 7 nitrogen and oxygen atoms in total. The van der Waals surface area contributed by atoms with Gasteiger partial charge in [0.2, 0.25) is 0 Å². The van der Waals surface area contributed by atoms with Gasteiger partial charge in [-0.3, -0.25) is 10.1 Å². The van der Waals surface area contributed by atoms with Gasteiger partial charge in [-0.25, -0.2) is 9.78 Å². The van der Waals surface area contributed by atoms with E-state index < -0.39 is 5.97 Å². The Labute approximate surface area is 164 Å². The first-order chi connectivity index (χ1) is 13.0. The van der Waals surface area contributed by atoms with Crippen LogP contribution >= 0.6 is 23.6 Å². The predicted octanol–water partition coefficient (Wildman–Crippen LogP) is 3.22. The van der Waals surface area contributed by atoms with E-state index in [1.165, 1.54) is 18.4 Å². The van der Waals surface area contributed by atoms with E-state index in [0.29, 0.717) is 27.5 Å². The van der Waals surface area contributed by atoms with Crippen LogP contribution < -0.4 is 15.4 Å². The molecule has 1 amide bonds. The van der Waals surface area contributed by atoms with Crippen LogP contribution in [0, 0.1) is 0 Å². The maximum atomic E-state index is 12.2. The molecule has 0 saturated heterocycles. The summed E-state index contributed by atoms with van der Waals surface area (Å²) in [5, 5.41) is 6.12. The zero-order chi connectivity index (χ0) is 19.4. The first-order valence-electron chi connectivity index (χ1n) is 7.75. The number of hydrogen-bond donors (Lipinski definition) is 2. The van der Waals surface area contributed by atoms with Crippen molar-refractivity contribution in [2.45, 2.75) is 0 Å². The van der Waals surface area contributed by atoms with E-state index in [2.05, 4.69) is 15.6 Å². The zero-order valence-corrected chi connectivity index (χ0v) is 16.1. The van der Waals surface area contributed by atoms with Crippen LogP contribution in [-0.2, 0) is 4.74 Å². The zero-order valence-electron chi connectivity index (χ0n) is 14.4. The van der Waals surface area contributed by atoms with Gasteiger partial charge in [0.05, 0.1) is 30.0 Å². The molecule has 3 rings (SSSR count). The third-order valence-corrected chi connectivity index (χ3v) is 4.75. The Morgan fingerprint density at radius 3 is 2.44 bits per heavy atom. The van der Waals surface area contributed by atoms with Gasteiger partial charge in [0.25, 0.3) is 5.91 Å². The number of anilines is 1. The van der Waals surface area contributed by atoms with Crippen molar-refractivity contribution in [2.24, 2.45) is 0 Å². The number of thiocarbonyl (C=S) groups is 1. The number of carbonyl (C=O) groups is 2. The number of rotatable bonds is 4. The predicted molar refractivity (Wildman–Crippen MR) is 108 cm³/mol. The van der Waals surface area contributed by atoms with Gasteiger partial charge < -0.3 is 14.8 Å². The van der Waals surface area contributed by atoms with Crippen LogP contribution in [0.25, 0.3) is 10.2 Å². The fourth-order valence-corrected chi connectivity index (χ4v) is 3.43. The standard InChI is InChI=1S/C18H15N3O4S2/c1-24-12-6-3-10(4-7-12)15(22)20-17(26)21-18-19-13-8-5-11(16(23)25-2)9-14(13)27-18/h3-9H,1-2H3,(H2,19,20,21,22,26). The number of amides is 1. The highest BCUT2D eigenvalue weighted by Gasteiger charge is 2.12. The number of aromatic nitrogens is 1. The summed E-state index contributed by atoms with van der Waals surface area (Å²) in [6.45, 7) is 0. The Balaban J connectivity index is 1.67. The second-order valence-electron chi connectivity index (χ2n) is 5.33. The van der Waals surface area contributed by atoms with Crippen molar-refractivity contribution in [3.8, 4) is 5.75 Å². The number of thiazole rings is 1. The van der Waals surface area contributed by atoms with E-state index in [1.54, 1.807) is 49.6 Å². The number of hydrogen-bond acceptors (Lipinski definition) is 7. The molecule has 3 aromatic rings. The number of nitrogens with zero attached hydrogens (tertiary/aromatic N) is 1. The lowest BCUT2D eigenvalue weighted by Crippen LogP contribution is -2.34. The lowest BCUT2D eigenvalue weighted by molar-refractivity contribution is 0.0600. The molecule has 27 heavy (non-hydrogen) atoms. The first-order valence-corrected chi connectivity index (χ1v) is 8.98. The molecule has 2 N–H and O–H groups in total. The van der Waals surface area contributed by atoms with E-state index in [1.807, 2.05) is 0 Å². The second-order valence-corrected chi connectivity index (χ2v) is 6.77. The number of nitrogens with one attached hydrogen (secondary N) is 2. The number of esters is 1. The summed E-state index contributed by atoms with van der Waals surface area (Å²) >= 11 is 6.49. The average Bonchev–Trinajstić information content (AvgIpc) is 3.08. The van der Waals surface area contributed by atoms with Gasteiger partial charge in [0.1, 0.15) is 5.75 Å². The van der Waals surface area contributed by atoms with Crippen LogP contribution in [0.3, 0.4) is 0 Å². The van der Waals surface area contributed by atoms with Gasteiger partial charge in [0, 0.05) is 5.56 Å². The minimum absolute atomic E-state index is 0.128. The molecule has 9 heteroatoms. The molecule has 0 fully saturated rings. The Kier molecular flexibility index (Phi) is 5.63. The highest BCUT2D eigenvalue weighted by atomic mass is 32.1. The van der Waals surface area contributed by atoms with E-state index in [9.17, 15) is 9.59 Å². The number of ether oxygens (including phenoxy) is 2. The Morgan fingerprint density at radius 1 is 1.07 bits per heavy atom. The van der Waals surface area contributed by atoms with Crippen molar-refractivity contribution >= 4 is 55.9 Å². The van der Waals surface area contributed by atoms with Gasteiger partial charge >= 0.3 is 5.97 Å². The van der Waals surface area contributed by atoms with Crippen molar-refractivity contribution in [1.29, 1.82) is 0 Å². The molecular weight excluding hydrogens is 386 g/mol. The van der Waals surface area contributed by atoms with Crippen LogP contribution in [0.5, 0.6) is 5.75 Å². The minimum Gasteiger partial charge on any atom is -0.497 e. The summed E-state index contributed by atoms with van der Waals surface area (Å²) < 4.78 is 10.6. The van der Waals surface area contributed by atoms with Crippen molar-refractivity contribution in [1.82, 2.24) is 10.3 Å². The topological polar surface area (TPSA) is 89.5 Å². The SMILES string of the molecule is COC(=O)c1ccc2nc(NC(=S)NC(=O)c3ccc(OC)cc3)sc2c1. The monoisotopic (exact) mass is 401 g/mol. The second kappa shape index (κ2) is 8.11. The molecule has 1 heterocycles. The van der Waals surface area contributed by atoms with Gasteiger partial charge in [-0.2, -0.15) is 0 Å². The molecular formula is C18H15N3O4S2. The minimum atomic E-state index is -0.415. The van der Waals surface area contributed by atoms with Gasteiger partial charge in [-0.15, -0.1) is 0 Å². The lowest BCUT2D eigenvalue weighted by Gasteiger charge is -2.07. The molecule has 0 atom stereocenters. The highest BCUT2D eigenvalue weighted by Crippen LogP contribution is 2.27. The molecule has 0 unspecified atom stereocenters. The van der Waals surface area contributed by atoms with Crippen molar-refractivity contribution in [3.05, 3.63) is 53.6 Å². The fourth-order valence-electron chi connectivity index (χ4n) is 2.27. The highest BCUT2D eigenvalue weighted by molar-refractivity contribution is 7.80. The third kappa shape index (κ3) is 4.39. The van der Waals surface area contributed by atoms with E-state index in [-0.39, 0.29) is 11.0 Å². The average molecular weight is 401 g/mol. The van der Waals surface area contributed by atoms with Crippen molar-refractivity contribution < 1.29 is 19.1 Å². The third-order valence-electron chi connectivity index (χ3n) is 3.61. The van der Waals surface area contributed by atoms with E-state index in [4.69, 9.17) is 21.7 Å². The smallest absolute Gasteiger partial charge is 0.337 e. The Hall–Kier alpha value is -3.04. The van der Waals surface area contributed by atoms with Crippen LogP contribution in [0.15, 0.2) is 42.5 Å². The summed E-state index contributed by atoms with van der Waals surface area (Å²) in [5.74, 6) is -0.0978. The fraction of sp³-hybridized carbons (Fsp3) is 0.111. The number of carbonyl (C=O) groups excluding carboxylic acids is 2. The molecule has 2 aromatic carbocycles. The van der Waals surface area contributed by atoms with E-state index >= 15 is 0 Å². The van der Waals surface area contributed by atoms with Gasteiger partial charge in [0.15, 0.2) is 10.2 Å². The molecule has 0 saturated carbocycles. The lowest BCUT2D eigenvalue weighted by atomic mass is 10.2. The van der Waals surface area contributed by atoms with E-state index in [0.717, 1.165) is 4.70 Å². The summed E-state index contributed by atoms with van der Waals surface area (Å²) in [6, 6.07) is 11.7. The summed E-state index contributed by atoms with van der Waals surface area (Å²) in [6.07, 6.45) is 0. The molecule has 0 radical (unpaired) electrons. The largest absolute Gasteiger partial charge is 0.497 e. The molecule has 0 aliphatic rings. The molecule has 0 bridgehead atoms. The summed E-state index contributed by atoms with van der Waals surface area (Å²) in [4.78, 5) is 28.2. The number of benzene rings is 2. The Bertz CT molecular complexity index is 1020. The summed E-state index contributed by atoms with van der Waals surface area (Å²) in [5.41, 5.74) is 1.60. The van der Waals surface area contributed by atoms with Crippen LogP contribution in [-0.4, -0.2) is 36.2 Å². The van der Waals surface area contributed by atoms with Gasteiger partial charge in [-0.1, -0.05) is 11.3 Å².